The summed E-state index contributed by atoms with van der Waals surface area (Å²) in [5.41, 5.74) is 1.05. The van der Waals surface area contributed by atoms with Crippen LogP contribution in [-0.4, -0.2) is 67.3 Å². The molecule has 4 amide bonds. The Bertz CT molecular complexity index is 1190. The van der Waals surface area contributed by atoms with Crippen molar-refractivity contribution in [2.45, 2.75) is 35.4 Å². The second-order valence-electron chi connectivity index (χ2n) is 9.15. The highest BCUT2D eigenvalue weighted by Gasteiger charge is 2.75. The number of ether oxygens (including phenoxy) is 1. The van der Waals surface area contributed by atoms with E-state index in [1.807, 2.05) is 0 Å². The van der Waals surface area contributed by atoms with E-state index in [4.69, 9.17) is 27.9 Å². The fourth-order valence-electron chi connectivity index (χ4n) is 6.08. The first-order valence-corrected chi connectivity index (χ1v) is 11.7. The molecule has 180 valence electrons. The lowest BCUT2D eigenvalue weighted by atomic mass is 9.56. The number of hydroxylamine groups is 2. The second-order valence-corrected chi connectivity index (χ2v) is 10.4. The number of amides is 4. The summed E-state index contributed by atoms with van der Waals surface area (Å²) < 4.78 is 5.51. The van der Waals surface area contributed by atoms with Crippen LogP contribution >= 0.6 is 23.2 Å². The first kappa shape index (κ1) is 23.1. The van der Waals surface area contributed by atoms with E-state index >= 15 is 0 Å². The Morgan fingerprint density at radius 1 is 1.12 bits per heavy atom. The molecule has 0 spiro atoms. The van der Waals surface area contributed by atoms with E-state index in [2.05, 4.69) is 0 Å². The third-order valence-corrected chi connectivity index (χ3v) is 9.02. The number of carbonyl (C=O) groups is 4. The van der Waals surface area contributed by atoms with Crippen LogP contribution in [0, 0.1) is 17.8 Å². The third-order valence-electron chi connectivity index (χ3n) is 7.61. The number of phenols is 1. The highest BCUT2D eigenvalue weighted by Crippen LogP contribution is 2.65. The molecule has 4 aliphatic rings. The first-order valence-electron chi connectivity index (χ1n) is 10.9. The van der Waals surface area contributed by atoms with Gasteiger partial charge in [-0.1, -0.05) is 17.7 Å². The highest BCUT2D eigenvalue weighted by atomic mass is 35.5. The zero-order valence-corrected chi connectivity index (χ0v) is 19.8. The number of allylic oxidation sites excluding steroid dienone is 2. The number of fused-ring (bicyclic) bond motifs is 4. The molecule has 2 heterocycles. The van der Waals surface area contributed by atoms with Crippen molar-refractivity contribution < 1.29 is 34.2 Å². The molecule has 0 bridgehead atoms. The monoisotopic (exact) mass is 508 g/mol. The number of phenolic OH excluding ortho intramolecular Hbond substituents is 1. The zero-order chi connectivity index (χ0) is 24.7. The van der Waals surface area contributed by atoms with Gasteiger partial charge in [-0.05, 0) is 43.4 Å². The maximum atomic E-state index is 13.4. The molecule has 2 saturated heterocycles. The highest BCUT2D eigenvalue weighted by molar-refractivity contribution is 6.53. The van der Waals surface area contributed by atoms with Crippen molar-refractivity contribution in [2.24, 2.45) is 17.8 Å². The summed E-state index contributed by atoms with van der Waals surface area (Å²) >= 11 is 14.0. The van der Waals surface area contributed by atoms with Gasteiger partial charge in [0.1, 0.15) is 0 Å². The molecule has 2 N–H and O–H groups in total. The number of carbonyl (C=O) groups excluding carboxylic acids is 4. The van der Waals surface area contributed by atoms with Crippen LogP contribution in [0.15, 0.2) is 29.8 Å². The Hall–Kier alpha value is -2.62. The number of imide groups is 2. The van der Waals surface area contributed by atoms with Gasteiger partial charge in [0, 0.05) is 13.0 Å². The predicted octanol–water partition coefficient (Wildman–Crippen LogP) is 2.17. The van der Waals surface area contributed by atoms with Crippen LogP contribution in [0.3, 0.4) is 0 Å². The Kier molecular flexibility index (Phi) is 5.06. The number of alkyl halides is 2. The van der Waals surface area contributed by atoms with Crippen molar-refractivity contribution in [3.8, 4) is 11.5 Å². The number of likely N-dealkylation sites (tertiary alicyclic amines) is 1. The Balaban J connectivity index is 1.74. The molecule has 9 nitrogen and oxygen atoms in total. The number of nitrogens with zero attached hydrogens (tertiary/aromatic N) is 2. The Morgan fingerprint density at radius 2 is 1.82 bits per heavy atom. The van der Waals surface area contributed by atoms with Gasteiger partial charge in [-0.2, -0.15) is 5.06 Å². The van der Waals surface area contributed by atoms with E-state index in [1.54, 1.807) is 19.1 Å². The fourth-order valence-corrected chi connectivity index (χ4v) is 7.10. The van der Waals surface area contributed by atoms with E-state index in [1.165, 1.54) is 19.2 Å². The van der Waals surface area contributed by atoms with Crippen LogP contribution < -0.4 is 4.74 Å². The van der Waals surface area contributed by atoms with Crippen molar-refractivity contribution >= 4 is 46.8 Å². The van der Waals surface area contributed by atoms with Gasteiger partial charge in [0.15, 0.2) is 21.2 Å². The van der Waals surface area contributed by atoms with Gasteiger partial charge in [0.05, 0.1) is 18.4 Å². The lowest BCUT2D eigenvalue weighted by Crippen LogP contribution is -2.60. The number of aromatic hydroxyl groups is 1. The summed E-state index contributed by atoms with van der Waals surface area (Å²) in [6, 6.07) is 4.50. The molecule has 0 radical (unpaired) electrons. The molecule has 0 aromatic heterocycles. The molecular formula is C23H22Cl2N2O7. The van der Waals surface area contributed by atoms with Crippen molar-refractivity contribution in [1.82, 2.24) is 9.96 Å². The van der Waals surface area contributed by atoms with Gasteiger partial charge in [0.2, 0.25) is 0 Å². The van der Waals surface area contributed by atoms with Crippen LogP contribution in [0.4, 0.5) is 0 Å². The van der Waals surface area contributed by atoms with Gasteiger partial charge < -0.3 is 9.84 Å². The minimum absolute atomic E-state index is 0.116. The Labute approximate surface area is 204 Å². The molecular weight excluding hydrogens is 487 g/mol. The van der Waals surface area contributed by atoms with Crippen molar-refractivity contribution in [1.29, 1.82) is 0 Å². The van der Waals surface area contributed by atoms with Crippen molar-refractivity contribution in [3.05, 3.63) is 35.4 Å². The lowest BCUT2D eigenvalue weighted by Gasteiger charge is -2.50. The van der Waals surface area contributed by atoms with Crippen LogP contribution in [0.1, 0.15) is 31.2 Å². The second kappa shape index (κ2) is 7.44. The van der Waals surface area contributed by atoms with Gasteiger partial charge in [0.25, 0.3) is 23.6 Å². The molecule has 6 atom stereocenters. The maximum Gasteiger partial charge on any atom is 0.257 e. The van der Waals surface area contributed by atoms with Gasteiger partial charge >= 0.3 is 0 Å². The van der Waals surface area contributed by atoms with Gasteiger partial charge in [-0.3, -0.25) is 29.3 Å². The molecule has 2 aliphatic carbocycles. The topological polar surface area (TPSA) is 124 Å². The number of halogens is 2. The molecule has 0 unspecified atom stereocenters. The number of benzene rings is 1. The SMILES string of the molecule is CCOc1cc([C@H]2C3=CC[C@@H]4C(=O)N(O)C(=O)[C@@H]4[C@@H]3C[C@@]3(Cl)C(=O)N(C)C(=O)[C@@]23Cl)ccc1O. The van der Waals surface area contributed by atoms with E-state index in [9.17, 15) is 29.5 Å². The van der Waals surface area contributed by atoms with Gasteiger partial charge in [-0.15, -0.1) is 23.2 Å². The summed E-state index contributed by atoms with van der Waals surface area (Å²) in [7, 11) is 1.30. The maximum absolute atomic E-state index is 13.4. The lowest BCUT2D eigenvalue weighted by molar-refractivity contribution is -0.173. The molecule has 2 aliphatic heterocycles. The average Bonchev–Trinajstić information content (AvgIpc) is 3.10. The minimum atomic E-state index is -1.92. The van der Waals surface area contributed by atoms with E-state index in [0.29, 0.717) is 11.1 Å². The summed E-state index contributed by atoms with van der Waals surface area (Å²) in [4.78, 5) is 49.1. The van der Waals surface area contributed by atoms with Crippen molar-refractivity contribution in [2.75, 3.05) is 13.7 Å². The summed E-state index contributed by atoms with van der Waals surface area (Å²) in [6.07, 6.45) is 1.76. The quantitative estimate of drug-likeness (QED) is 0.277. The number of hydrogen-bond acceptors (Lipinski definition) is 7. The zero-order valence-electron chi connectivity index (χ0n) is 18.3. The molecule has 11 heteroatoms. The largest absolute Gasteiger partial charge is 0.504 e. The molecule has 5 rings (SSSR count). The molecule has 1 saturated carbocycles. The first-order chi connectivity index (χ1) is 16.0. The number of rotatable bonds is 3. The molecule has 1 aromatic carbocycles. The minimum Gasteiger partial charge on any atom is -0.504 e. The number of hydrogen-bond donors (Lipinski definition) is 2. The van der Waals surface area contributed by atoms with Crippen LogP contribution in [0.2, 0.25) is 0 Å². The van der Waals surface area contributed by atoms with Crippen LogP contribution in [-0.2, 0) is 19.2 Å². The average molecular weight is 509 g/mol. The standard InChI is InChI=1S/C23H22Cl2N2O7/c1-3-34-15-8-10(4-7-14(15)28)17-11-5-6-12-16(19(30)27(33)18(12)29)13(11)9-22(24)20(31)26(2)21(32)23(17,22)25/h4-5,7-8,12-13,16-17,28,33H,3,6,9H2,1-2H3/t12-,13+,16-,17-,22+,23-/m0/s1. The van der Waals surface area contributed by atoms with Crippen LogP contribution in [0.25, 0.3) is 0 Å². The summed E-state index contributed by atoms with van der Waals surface area (Å²) in [5.74, 6) is -6.19. The normalized spacial score (nSPS) is 36.9. The fraction of sp³-hybridized carbons (Fsp3) is 0.478. The van der Waals surface area contributed by atoms with Crippen LogP contribution in [0.5, 0.6) is 11.5 Å². The smallest absolute Gasteiger partial charge is 0.257 e. The summed E-state index contributed by atoms with van der Waals surface area (Å²) in [5, 5.41) is 20.4. The molecule has 34 heavy (non-hydrogen) atoms. The predicted molar refractivity (Wildman–Crippen MR) is 118 cm³/mol. The van der Waals surface area contributed by atoms with E-state index < -0.39 is 57.0 Å². The van der Waals surface area contributed by atoms with Crippen molar-refractivity contribution in [3.63, 3.8) is 0 Å². The van der Waals surface area contributed by atoms with Gasteiger partial charge in [-0.25, -0.2) is 0 Å². The Morgan fingerprint density at radius 3 is 2.50 bits per heavy atom. The van der Waals surface area contributed by atoms with E-state index in [0.717, 1.165) is 4.90 Å². The third kappa shape index (κ3) is 2.66. The molecule has 1 aromatic rings. The summed E-state index contributed by atoms with van der Waals surface area (Å²) in [6.45, 7) is 2.02. The molecule has 3 fully saturated rings. The van der Waals surface area contributed by atoms with E-state index in [-0.39, 0.29) is 36.0 Å².